The van der Waals surface area contributed by atoms with Crippen LogP contribution >= 0.6 is 17.0 Å². The van der Waals surface area contributed by atoms with Gasteiger partial charge in [-0.2, -0.15) is 0 Å². The number of ether oxygens (including phenoxy) is 1. The third-order valence-corrected chi connectivity index (χ3v) is 27.0. The summed E-state index contributed by atoms with van der Waals surface area (Å²) in [6, 6.07) is 36.1. The van der Waals surface area contributed by atoms with E-state index in [0.717, 1.165) is 11.1 Å². The van der Waals surface area contributed by atoms with Gasteiger partial charge < -0.3 is 9.16 Å². The van der Waals surface area contributed by atoms with Crippen LogP contribution in [0.1, 0.15) is 0 Å². The molecule has 6 aromatic rings. The maximum atomic E-state index is 5.84. The van der Waals surface area contributed by atoms with Crippen molar-refractivity contribution in [3.63, 3.8) is 0 Å². The Morgan fingerprint density at radius 3 is 1.59 bits per heavy atom. The van der Waals surface area contributed by atoms with Gasteiger partial charge in [0.1, 0.15) is 0 Å². The molecule has 202 valence electrons. The first-order chi connectivity index (χ1) is 18.6. The topological polar surface area (TPSA) is 18.5 Å². The first-order valence-corrected chi connectivity index (χ1v) is 28.9. The van der Waals surface area contributed by atoms with Crippen LogP contribution in [0.3, 0.4) is 0 Å². The molecule has 2 nitrogen and oxygen atoms in total. The predicted molar refractivity (Wildman–Crippen MR) is 173 cm³/mol. The average Bonchev–Trinajstić information content (AvgIpc) is 3.48. The van der Waals surface area contributed by atoms with Gasteiger partial charge in [0.15, 0.2) is 15.1 Å². The van der Waals surface area contributed by atoms with Gasteiger partial charge in [0.2, 0.25) is 0 Å². The Kier molecular flexibility index (Phi) is 10.7. The van der Waals surface area contributed by atoms with Gasteiger partial charge in [-0.1, -0.05) is 78.2 Å². The minimum atomic E-state index is -1.65. The Bertz CT molecular complexity index is 1660. The maximum absolute atomic E-state index is 5.84. The van der Waals surface area contributed by atoms with Crippen LogP contribution in [0.4, 0.5) is 0 Å². The van der Waals surface area contributed by atoms with Crippen molar-refractivity contribution in [1.82, 2.24) is 0 Å². The summed E-state index contributed by atoms with van der Waals surface area (Å²) in [5.41, 5.74) is -0.224. The molecule has 6 aromatic carbocycles. The number of benzene rings is 4. The van der Waals surface area contributed by atoms with Crippen molar-refractivity contribution < 1.29 is 27.1 Å². The molecule has 0 aliphatic heterocycles. The van der Waals surface area contributed by atoms with Crippen molar-refractivity contribution in [3.8, 4) is 5.75 Å². The molecule has 0 unspecified atom stereocenters. The summed E-state index contributed by atoms with van der Waals surface area (Å²) in [5.74, 6) is 0.900. The Morgan fingerprint density at radius 1 is 0.667 bits per heavy atom. The minimum Gasteiger partial charge on any atom is -0.126 e. The number of halogens is 2. The summed E-state index contributed by atoms with van der Waals surface area (Å²) in [7, 11) is 9.70. The predicted octanol–water partition coefficient (Wildman–Crippen LogP) is 10.8. The largest absolute Gasteiger partial charge is 0.126 e. The van der Waals surface area contributed by atoms with E-state index in [4.69, 9.17) is 26.2 Å². The fourth-order valence-corrected chi connectivity index (χ4v) is 4.66. The van der Waals surface area contributed by atoms with Crippen LogP contribution in [0.25, 0.3) is 43.1 Å². The minimum absolute atomic E-state index is 0.224. The molecule has 0 spiro atoms. The molecular formula is C32H34Cl2O2Si2Zr-2. The van der Waals surface area contributed by atoms with Gasteiger partial charge in [-0.3, -0.25) is 0 Å². The van der Waals surface area contributed by atoms with E-state index in [9.17, 15) is 0 Å². The van der Waals surface area contributed by atoms with Gasteiger partial charge >= 0.3 is 53.5 Å². The Morgan fingerprint density at radius 2 is 1.10 bits per heavy atom. The number of fused-ring (bicyclic) bond motifs is 6. The Hall–Kier alpha value is -1.72. The smallest absolute Gasteiger partial charge is 0.0771 e. The maximum Gasteiger partial charge on any atom is -0.0771 e. The molecule has 0 saturated heterocycles. The molecule has 0 aliphatic rings. The molecule has 39 heavy (non-hydrogen) atoms. The molecule has 0 aliphatic carbocycles. The van der Waals surface area contributed by atoms with Crippen LogP contribution in [-0.2, 0) is 22.4 Å². The van der Waals surface area contributed by atoms with E-state index < -0.39 is 26.3 Å². The van der Waals surface area contributed by atoms with Crippen LogP contribution in [0, 0.1) is 0 Å². The number of hydrogen-bond donors (Lipinski definition) is 0. The molecule has 0 saturated carbocycles. The normalized spacial score (nSPS) is 11.2. The first kappa shape index (κ1) is 30.2. The SMILES string of the molecule is C[Si](C)(C)OCOc1cccc2c1[cH-]c1ccccc12.C[Si](C)=[Zr]([Cl])[Cl].c1ccc2c(c1)[cH-]c1ccccc12. The second-order valence-corrected chi connectivity index (χ2v) is 38.0. The van der Waals surface area contributed by atoms with E-state index in [2.05, 4.69) is 124 Å². The van der Waals surface area contributed by atoms with Gasteiger partial charge in [-0.05, 0) is 19.6 Å². The molecule has 0 radical (unpaired) electrons. The van der Waals surface area contributed by atoms with Crippen molar-refractivity contribution >= 4 is 73.9 Å². The van der Waals surface area contributed by atoms with Crippen LogP contribution in [0.15, 0.2) is 103 Å². The molecule has 0 N–H and O–H groups in total. The van der Waals surface area contributed by atoms with Crippen molar-refractivity contribution in [2.75, 3.05) is 6.79 Å². The van der Waals surface area contributed by atoms with Crippen LogP contribution < -0.4 is 4.74 Å². The van der Waals surface area contributed by atoms with Gasteiger partial charge in [-0.15, -0.1) is 68.0 Å². The summed E-state index contributed by atoms with van der Waals surface area (Å²) in [5, 5.41) is 10.3. The zero-order valence-electron chi connectivity index (χ0n) is 23.1. The summed E-state index contributed by atoms with van der Waals surface area (Å²) in [6.45, 7) is 11.1. The monoisotopic (exact) mass is 666 g/mol. The Labute approximate surface area is 247 Å². The Balaban J connectivity index is 0.000000158. The first-order valence-electron chi connectivity index (χ1n) is 13.0. The van der Waals surface area contributed by atoms with Gasteiger partial charge in [0.25, 0.3) is 0 Å². The molecule has 0 fully saturated rings. The second kappa shape index (κ2) is 13.8. The molecule has 0 heterocycles. The molecule has 6 rings (SSSR count). The molecule has 0 atom stereocenters. The molecule has 0 amide bonds. The number of hydrogen-bond acceptors (Lipinski definition) is 2. The fraction of sp³-hybridized carbons (Fsp3) is 0.188. The summed E-state index contributed by atoms with van der Waals surface area (Å²) in [4.78, 5) is 0. The molecule has 7 heteroatoms. The van der Waals surface area contributed by atoms with E-state index in [1.807, 2.05) is 12.1 Å². The van der Waals surface area contributed by atoms with Gasteiger partial charge in [0.05, 0.1) is 5.75 Å². The molecular weight excluding hydrogens is 635 g/mol. The third kappa shape index (κ3) is 8.16. The van der Waals surface area contributed by atoms with Crippen molar-refractivity contribution in [3.05, 3.63) is 103 Å². The zero-order chi connectivity index (χ0) is 28.0. The summed E-state index contributed by atoms with van der Waals surface area (Å²) >= 11 is -1.65. The van der Waals surface area contributed by atoms with Crippen molar-refractivity contribution in [2.45, 2.75) is 32.7 Å². The third-order valence-electron chi connectivity index (χ3n) is 6.22. The van der Waals surface area contributed by atoms with Crippen molar-refractivity contribution in [2.24, 2.45) is 0 Å². The summed E-state index contributed by atoms with van der Waals surface area (Å²) < 4.78 is 11.6. The van der Waals surface area contributed by atoms with E-state index in [-0.39, 0.29) is 5.43 Å². The van der Waals surface area contributed by atoms with E-state index >= 15 is 0 Å². The van der Waals surface area contributed by atoms with Crippen LogP contribution in [0.2, 0.25) is 32.7 Å². The molecule has 0 bridgehead atoms. The summed E-state index contributed by atoms with van der Waals surface area (Å²) in [6.07, 6.45) is 0. The van der Waals surface area contributed by atoms with E-state index in [1.54, 1.807) is 0 Å². The second-order valence-electron chi connectivity index (χ2n) is 10.5. The van der Waals surface area contributed by atoms with Gasteiger partial charge in [0, 0.05) is 0 Å². The van der Waals surface area contributed by atoms with Crippen LogP contribution in [-0.4, -0.2) is 20.5 Å². The van der Waals surface area contributed by atoms with Crippen LogP contribution in [0.5, 0.6) is 5.75 Å². The number of rotatable bonds is 4. The van der Waals surface area contributed by atoms with Crippen molar-refractivity contribution in [1.29, 1.82) is 0 Å². The average molecular weight is 669 g/mol. The van der Waals surface area contributed by atoms with E-state index in [1.165, 1.54) is 37.7 Å². The quantitative estimate of drug-likeness (QED) is 0.106. The fourth-order valence-electron chi connectivity index (χ4n) is 4.25. The zero-order valence-corrected chi connectivity index (χ0v) is 29.1. The van der Waals surface area contributed by atoms with E-state index in [0.29, 0.717) is 6.79 Å². The standard InChI is InChI=1S/C17H19O2Si.C13H9.C2H6Si.2ClH.Zr/c1-20(2,3)19-12-18-17-10-6-9-15-14-8-5-4-7-13(14)11-16(15)17;1-3-7-12-10(5-1)9-11-6-2-4-8-13(11)12;1-3-2;;;/h4-11H,12H2,1-3H3;1-9H;1-2H3;2*1H;/q2*-1;;;;+2/p-2. The van der Waals surface area contributed by atoms with Gasteiger partial charge in [-0.25, -0.2) is 0 Å². The molecule has 0 aromatic heterocycles.